The Bertz CT molecular complexity index is 685. The highest BCUT2D eigenvalue weighted by molar-refractivity contribution is 5.69. The van der Waals surface area contributed by atoms with Gasteiger partial charge < -0.3 is 5.43 Å². The van der Waals surface area contributed by atoms with Gasteiger partial charge >= 0.3 is 0 Å². The Kier molecular flexibility index (Phi) is 3.49. The lowest BCUT2D eigenvalue weighted by Crippen LogP contribution is -2.17. The minimum atomic E-state index is -0.423. The summed E-state index contributed by atoms with van der Waals surface area (Å²) in [6, 6.07) is 6.47. The van der Waals surface area contributed by atoms with Crippen molar-refractivity contribution in [3.63, 3.8) is 0 Å². The Morgan fingerprint density at radius 1 is 1.19 bits per heavy atom. The van der Waals surface area contributed by atoms with Crippen LogP contribution in [0.1, 0.15) is 24.1 Å². The second kappa shape index (κ2) is 5.45. The number of hydrazine groups is 1. The molecule has 21 heavy (non-hydrogen) atoms. The normalized spacial score (nSPS) is 13.6. The van der Waals surface area contributed by atoms with Crippen molar-refractivity contribution in [1.29, 1.82) is 0 Å². The highest BCUT2D eigenvalue weighted by atomic mass is 16.6. The molecule has 1 heterocycles. The van der Waals surface area contributed by atoms with Crippen LogP contribution in [-0.2, 0) is 12.8 Å². The van der Waals surface area contributed by atoms with Crippen molar-refractivity contribution < 1.29 is 4.92 Å². The van der Waals surface area contributed by atoms with Crippen molar-refractivity contribution in [2.75, 3.05) is 5.43 Å². The lowest BCUT2D eigenvalue weighted by molar-refractivity contribution is -0.384. The molecule has 0 amide bonds. The van der Waals surface area contributed by atoms with Gasteiger partial charge in [0.15, 0.2) is 5.82 Å². The first-order chi connectivity index (χ1) is 10.2. The summed E-state index contributed by atoms with van der Waals surface area (Å²) in [5.41, 5.74) is 4.95. The molecule has 0 radical (unpaired) electrons. The number of anilines is 1. The van der Waals surface area contributed by atoms with Crippen LogP contribution in [0.4, 0.5) is 11.5 Å². The van der Waals surface area contributed by atoms with Gasteiger partial charge in [-0.15, -0.1) is 0 Å². The van der Waals surface area contributed by atoms with Gasteiger partial charge in [0.25, 0.3) is 5.69 Å². The molecule has 0 saturated heterocycles. The molecule has 108 valence electrons. The third kappa shape index (κ3) is 2.43. The maximum Gasteiger partial charge on any atom is 0.280 e. The van der Waals surface area contributed by atoms with Gasteiger partial charge in [-0.1, -0.05) is 12.1 Å². The topological polar surface area (TPSA) is 107 Å². The summed E-state index contributed by atoms with van der Waals surface area (Å²) in [4.78, 5) is 19.6. The fourth-order valence-corrected chi connectivity index (χ4v) is 2.66. The summed E-state index contributed by atoms with van der Waals surface area (Å²) < 4.78 is 0. The Balaban J connectivity index is 2.17. The monoisotopic (exact) mass is 285 g/mol. The number of nitrogens with one attached hydrogen (secondary N) is 1. The number of hydrogen-bond donors (Lipinski definition) is 2. The predicted octanol–water partition coefficient (Wildman–Crippen LogP) is 2.22. The standard InChI is InChI=1S/C14H15N5O2/c15-18-14-9-5-1-3-7-11(9)16-13(17-14)10-6-2-4-8-12(10)19(20)21/h2,4,6,8H,1,3,5,7,15H2,(H,16,17,18). The van der Waals surface area contributed by atoms with Gasteiger partial charge in [-0.2, -0.15) is 0 Å². The van der Waals surface area contributed by atoms with Crippen LogP contribution in [-0.4, -0.2) is 14.9 Å². The number of nitro benzene ring substituents is 1. The number of nitro groups is 1. The molecule has 7 nitrogen and oxygen atoms in total. The zero-order valence-corrected chi connectivity index (χ0v) is 11.4. The first-order valence-electron chi connectivity index (χ1n) is 6.81. The SMILES string of the molecule is NNc1nc(-c2ccccc2[N+](=O)[O-])nc2c1CCCC2. The highest BCUT2D eigenvalue weighted by Crippen LogP contribution is 2.31. The maximum atomic E-state index is 11.1. The largest absolute Gasteiger partial charge is 0.308 e. The molecule has 0 fully saturated rings. The number of benzene rings is 1. The van der Waals surface area contributed by atoms with Crippen LogP contribution >= 0.6 is 0 Å². The van der Waals surface area contributed by atoms with E-state index in [4.69, 9.17) is 5.84 Å². The van der Waals surface area contributed by atoms with Gasteiger partial charge in [-0.3, -0.25) is 10.1 Å². The van der Waals surface area contributed by atoms with Gasteiger partial charge in [0.05, 0.1) is 10.5 Å². The van der Waals surface area contributed by atoms with Crippen LogP contribution in [0.2, 0.25) is 0 Å². The zero-order chi connectivity index (χ0) is 14.8. The second-order valence-corrected chi connectivity index (χ2v) is 4.95. The van der Waals surface area contributed by atoms with Crippen molar-refractivity contribution in [3.05, 3.63) is 45.6 Å². The van der Waals surface area contributed by atoms with E-state index in [2.05, 4.69) is 15.4 Å². The molecule has 2 aromatic rings. The minimum absolute atomic E-state index is 0.00349. The molecule has 7 heteroatoms. The number of aromatic nitrogens is 2. The molecule has 0 aliphatic heterocycles. The van der Waals surface area contributed by atoms with Crippen molar-refractivity contribution in [3.8, 4) is 11.4 Å². The lowest BCUT2D eigenvalue weighted by Gasteiger charge is -2.18. The number of rotatable bonds is 3. The Morgan fingerprint density at radius 3 is 2.71 bits per heavy atom. The summed E-state index contributed by atoms with van der Waals surface area (Å²) in [5.74, 6) is 6.45. The van der Waals surface area contributed by atoms with E-state index in [-0.39, 0.29) is 5.69 Å². The molecule has 1 aromatic heterocycles. The summed E-state index contributed by atoms with van der Waals surface area (Å²) in [5, 5.41) is 11.1. The molecule has 3 N–H and O–H groups in total. The van der Waals surface area contributed by atoms with Crippen LogP contribution in [0, 0.1) is 10.1 Å². The van der Waals surface area contributed by atoms with Gasteiger partial charge in [0.2, 0.25) is 0 Å². The number of para-hydroxylation sites is 1. The third-order valence-corrected chi connectivity index (χ3v) is 3.66. The Morgan fingerprint density at radius 2 is 1.95 bits per heavy atom. The summed E-state index contributed by atoms with van der Waals surface area (Å²) in [7, 11) is 0. The molecule has 0 saturated carbocycles. The molecule has 0 bridgehead atoms. The van der Waals surface area contributed by atoms with Gasteiger partial charge in [-0.05, 0) is 31.7 Å². The van der Waals surface area contributed by atoms with E-state index in [1.165, 1.54) is 6.07 Å². The van der Waals surface area contributed by atoms with E-state index in [1.807, 2.05) is 0 Å². The summed E-state index contributed by atoms with van der Waals surface area (Å²) >= 11 is 0. The molecule has 0 unspecified atom stereocenters. The number of fused-ring (bicyclic) bond motifs is 1. The number of hydrogen-bond acceptors (Lipinski definition) is 6. The summed E-state index contributed by atoms with van der Waals surface area (Å²) in [6.07, 6.45) is 3.87. The molecule has 1 aliphatic carbocycles. The Labute approximate surface area is 121 Å². The van der Waals surface area contributed by atoms with E-state index in [9.17, 15) is 10.1 Å². The van der Waals surface area contributed by atoms with Crippen molar-refractivity contribution in [1.82, 2.24) is 9.97 Å². The minimum Gasteiger partial charge on any atom is -0.308 e. The van der Waals surface area contributed by atoms with Gasteiger partial charge in [0, 0.05) is 17.3 Å². The first kappa shape index (κ1) is 13.4. The number of aryl methyl sites for hydroxylation is 1. The molecular weight excluding hydrogens is 270 g/mol. The van der Waals surface area contributed by atoms with E-state index >= 15 is 0 Å². The second-order valence-electron chi connectivity index (χ2n) is 4.95. The van der Waals surface area contributed by atoms with E-state index < -0.39 is 4.92 Å². The highest BCUT2D eigenvalue weighted by Gasteiger charge is 2.22. The van der Waals surface area contributed by atoms with Gasteiger partial charge in [0.1, 0.15) is 5.82 Å². The molecule has 0 atom stereocenters. The van der Waals surface area contributed by atoms with E-state index in [1.54, 1.807) is 18.2 Å². The number of nitrogen functional groups attached to an aromatic ring is 1. The average molecular weight is 285 g/mol. The molecular formula is C14H15N5O2. The van der Waals surface area contributed by atoms with Crippen LogP contribution < -0.4 is 11.3 Å². The number of nitrogens with two attached hydrogens (primary N) is 1. The molecule has 3 rings (SSSR count). The molecule has 1 aliphatic rings. The fraction of sp³-hybridized carbons (Fsp3) is 0.286. The average Bonchev–Trinajstić information content (AvgIpc) is 2.53. The maximum absolute atomic E-state index is 11.1. The van der Waals surface area contributed by atoms with Crippen LogP contribution in [0.5, 0.6) is 0 Å². The van der Waals surface area contributed by atoms with E-state index in [0.717, 1.165) is 36.9 Å². The van der Waals surface area contributed by atoms with Gasteiger partial charge in [-0.25, -0.2) is 15.8 Å². The van der Waals surface area contributed by atoms with Crippen LogP contribution in [0.25, 0.3) is 11.4 Å². The smallest absolute Gasteiger partial charge is 0.280 e. The van der Waals surface area contributed by atoms with Crippen molar-refractivity contribution in [2.24, 2.45) is 5.84 Å². The molecule has 0 spiro atoms. The quantitative estimate of drug-likeness (QED) is 0.508. The Hall–Kier alpha value is -2.54. The van der Waals surface area contributed by atoms with Crippen LogP contribution in [0.15, 0.2) is 24.3 Å². The summed E-state index contributed by atoms with van der Waals surface area (Å²) in [6.45, 7) is 0. The fourth-order valence-electron chi connectivity index (χ4n) is 2.66. The predicted molar refractivity (Wildman–Crippen MR) is 78.6 cm³/mol. The third-order valence-electron chi connectivity index (χ3n) is 3.66. The molecule has 1 aromatic carbocycles. The van der Waals surface area contributed by atoms with Crippen molar-refractivity contribution in [2.45, 2.75) is 25.7 Å². The zero-order valence-electron chi connectivity index (χ0n) is 11.4. The van der Waals surface area contributed by atoms with Crippen molar-refractivity contribution >= 4 is 11.5 Å². The van der Waals surface area contributed by atoms with Crippen LogP contribution in [0.3, 0.4) is 0 Å². The lowest BCUT2D eigenvalue weighted by atomic mass is 9.96. The van der Waals surface area contributed by atoms with E-state index in [0.29, 0.717) is 17.2 Å². The number of nitrogens with zero attached hydrogens (tertiary/aromatic N) is 3. The first-order valence-corrected chi connectivity index (χ1v) is 6.81.